The molecule has 5 heteroatoms. The fraction of sp³-hybridized carbons (Fsp3) is 0.222. The van der Waals surface area contributed by atoms with Crippen LogP contribution in [0.4, 0.5) is 5.69 Å². The number of amidine groups is 1. The van der Waals surface area contributed by atoms with Crippen molar-refractivity contribution in [3.63, 3.8) is 0 Å². The summed E-state index contributed by atoms with van der Waals surface area (Å²) in [6, 6.07) is 14.9. The van der Waals surface area contributed by atoms with Crippen LogP contribution in [0.3, 0.4) is 0 Å². The van der Waals surface area contributed by atoms with Gasteiger partial charge in [0.25, 0.3) is 0 Å². The Morgan fingerprint density at radius 3 is 2.09 bits per heavy atom. The number of halogens is 1. The summed E-state index contributed by atoms with van der Waals surface area (Å²) in [6.45, 7) is 3.65. The second kappa shape index (κ2) is 7.79. The van der Waals surface area contributed by atoms with Gasteiger partial charge in [0.15, 0.2) is 0 Å². The molecule has 0 radical (unpaired) electrons. The first kappa shape index (κ1) is 17.0. The molecule has 0 bridgehead atoms. The molecule has 0 aromatic heterocycles. The number of nitrogens with two attached hydrogens (primary N) is 1. The number of aliphatic imine (C=N–C) groups is 1. The van der Waals surface area contributed by atoms with E-state index in [2.05, 4.69) is 4.99 Å². The molecule has 0 saturated carbocycles. The summed E-state index contributed by atoms with van der Waals surface area (Å²) >= 11 is 5.61. The van der Waals surface area contributed by atoms with Crippen LogP contribution in [-0.4, -0.2) is 23.8 Å². The Kier molecular flexibility index (Phi) is 5.77. The molecule has 0 heterocycles. The molecule has 0 fully saturated rings. The lowest BCUT2D eigenvalue weighted by Gasteiger charge is -2.08. The van der Waals surface area contributed by atoms with Crippen molar-refractivity contribution in [1.82, 2.24) is 0 Å². The number of hydrogen-bond donors (Lipinski definition) is 1. The second-order valence-electron chi connectivity index (χ2n) is 5.32. The molecule has 0 spiro atoms. The predicted octanol–water partition coefficient (Wildman–Crippen LogP) is 4.15. The van der Waals surface area contributed by atoms with Crippen molar-refractivity contribution in [3.05, 3.63) is 54.1 Å². The number of rotatable bonds is 5. The molecular formula is C18H19ClN2O2. The van der Waals surface area contributed by atoms with Gasteiger partial charge in [0.1, 0.15) is 5.84 Å². The molecule has 2 rings (SSSR count). The Morgan fingerprint density at radius 1 is 1.09 bits per heavy atom. The molecule has 23 heavy (non-hydrogen) atoms. The Balaban J connectivity index is 2.15. The number of carbonyl (C=O) groups is 1. The molecular weight excluding hydrogens is 312 g/mol. The molecule has 2 aromatic rings. The van der Waals surface area contributed by atoms with Gasteiger partial charge in [-0.1, -0.05) is 24.3 Å². The molecule has 0 unspecified atom stereocenters. The van der Waals surface area contributed by atoms with Gasteiger partial charge < -0.3 is 10.5 Å². The maximum atomic E-state index is 11.8. The van der Waals surface area contributed by atoms with Crippen LogP contribution in [0, 0.1) is 0 Å². The van der Waals surface area contributed by atoms with Crippen LogP contribution in [0.15, 0.2) is 53.5 Å². The van der Waals surface area contributed by atoms with Gasteiger partial charge in [-0.2, -0.15) is 0 Å². The molecule has 120 valence electrons. The molecule has 0 atom stereocenters. The van der Waals surface area contributed by atoms with Crippen molar-refractivity contribution in [2.24, 2.45) is 10.7 Å². The number of nitrogens with zero attached hydrogens (tertiary/aromatic N) is 1. The first-order valence-electron chi connectivity index (χ1n) is 7.30. The van der Waals surface area contributed by atoms with Crippen LogP contribution in [0.25, 0.3) is 11.1 Å². The standard InChI is InChI=1S/C18H19ClN2O2/c1-12(2)23-18(22)15-5-3-13(4-6-15)14-7-9-16(10-8-14)21-17(20)11-19/h3-10,12H,11H2,1-2H3,(H2,20,21). The highest BCUT2D eigenvalue weighted by Gasteiger charge is 2.09. The van der Waals surface area contributed by atoms with Gasteiger partial charge in [-0.25, -0.2) is 9.79 Å². The summed E-state index contributed by atoms with van der Waals surface area (Å²) < 4.78 is 5.17. The monoisotopic (exact) mass is 330 g/mol. The zero-order valence-electron chi connectivity index (χ0n) is 13.1. The van der Waals surface area contributed by atoms with Crippen molar-refractivity contribution < 1.29 is 9.53 Å². The van der Waals surface area contributed by atoms with Crippen molar-refractivity contribution in [2.45, 2.75) is 20.0 Å². The number of hydrogen-bond acceptors (Lipinski definition) is 3. The quantitative estimate of drug-likeness (QED) is 0.387. The van der Waals surface area contributed by atoms with Crippen LogP contribution in [0.5, 0.6) is 0 Å². The van der Waals surface area contributed by atoms with E-state index in [0.717, 1.165) is 16.8 Å². The number of esters is 1. The van der Waals surface area contributed by atoms with E-state index < -0.39 is 0 Å². The van der Waals surface area contributed by atoms with E-state index in [1.807, 2.05) is 50.2 Å². The summed E-state index contributed by atoms with van der Waals surface area (Å²) in [7, 11) is 0. The van der Waals surface area contributed by atoms with Crippen LogP contribution in [-0.2, 0) is 4.74 Å². The molecule has 2 N–H and O–H groups in total. The minimum absolute atomic E-state index is 0.129. The minimum atomic E-state index is -0.312. The Labute approximate surface area is 140 Å². The predicted molar refractivity (Wildman–Crippen MR) is 94.4 cm³/mol. The lowest BCUT2D eigenvalue weighted by molar-refractivity contribution is 0.0378. The molecule has 2 aromatic carbocycles. The van der Waals surface area contributed by atoms with Gasteiger partial charge in [0.2, 0.25) is 0 Å². The van der Waals surface area contributed by atoms with Gasteiger partial charge in [-0.05, 0) is 49.2 Å². The second-order valence-corrected chi connectivity index (χ2v) is 5.58. The zero-order valence-corrected chi connectivity index (χ0v) is 13.9. The van der Waals surface area contributed by atoms with E-state index in [0.29, 0.717) is 11.4 Å². The van der Waals surface area contributed by atoms with E-state index in [1.165, 1.54) is 0 Å². The highest BCUT2D eigenvalue weighted by atomic mass is 35.5. The van der Waals surface area contributed by atoms with Crippen LogP contribution >= 0.6 is 11.6 Å². The summed E-state index contributed by atoms with van der Waals surface area (Å²) in [5.74, 6) is 0.274. The molecule has 0 aliphatic heterocycles. The maximum Gasteiger partial charge on any atom is 0.338 e. The Bertz CT molecular complexity index is 692. The SMILES string of the molecule is CC(C)OC(=O)c1ccc(-c2ccc(N=C(N)CCl)cc2)cc1. The summed E-state index contributed by atoms with van der Waals surface area (Å²) in [6.07, 6.45) is -0.129. The van der Waals surface area contributed by atoms with Gasteiger partial charge in [0, 0.05) is 0 Å². The highest BCUT2D eigenvalue weighted by Crippen LogP contribution is 2.23. The third kappa shape index (κ3) is 4.83. The van der Waals surface area contributed by atoms with E-state index in [1.54, 1.807) is 12.1 Å². The van der Waals surface area contributed by atoms with Gasteiger partial charge in [-0.3, -0.25) is 0 Å². The van der Waals surface area contributed by atoms with Gasteiger partial charge in [-0.15, -0.1) is 11.6 Å². The molecule has 0 amide bonds. The lowest BCUT2D eigenvalue weighted by Crippen LogP contribution is -2.12. The van der Waals surface area contributed by atoms with Crippen molar-refractivity contribution in [1.29, 1.82) is 0 Å². The molecule has 4 nitrogen and oxygen atoms in total. The van der Waals surface area contributed by atoms with Crippen LogP contribution in [0.2, 0.25) is 0 Å². The largest absolute Gasteiger partial charge is 0.459 e. The number of ether oxygens (including phenoxy) is 1. The summed E-state index contributed by atoms with van der Waals surface area (Å²) in [5, 5.41) is 0. The molecule has 0 aliphatic carbocycles. The third-order valence-electron chi connectivity index (χ3n) is 3.07. The number of carbonyl (C=O) groups excluding carboxylic acids is 1. The molecule has 0 saturated heterocycles. The molecule has 0 aliphatic rings. The maximum absolute atomic E-state index is 11.8. The van der Waals surface area contributed by atoms with E-state index in [4.69, 9.17) is 22.1 Å². The average molecular weight is 331 g/mol. The first-order valence-corrected chi connectivity index (χ1v) is 7.83. The van der Waals surface area contributed by atoms with Gasteiger partial charge >= 0.3 is 5.97 Å². The van der Waals surface area contributed by atoms with E-state index >= 15 is 0 Å². The smallest absolute Gasteiger partial charge is 0.338 e. The Hall–Kier alpha value is -2.33. The van der Waals surface area contributed by atoms with E-state index in [-0.39, 0.29) is 18.0 Å². The normalized spacial score (nSPS) is 11.6. The first-order chi connectivity index (χ1) is 11.0. The fourth-order valence-corrected chi connectivity index (χ4v) is 2.06. The fourth-order valence-electron chi connectivity index (χ4n) is 2.00. The third-order valence-corrected chi connectivity index (χ3v) is 3.35. The van der Waals surface area contributed by atoms with Crippen LogP contribution in [0.1, 0.15) is 24.2 Å². The average Bonchev–Trinajstić information content (AvgIpc) is 2.55. The number of alkyl halides is 1. The van der Waals surface area contributed by atoms with Crippen LogP contribution < -0.4 is 5.73 Å². The minimum Gasteiger partial charge on any atom is -0.459 e. The number of benzene rings is 2. The summed E-state index contributed by atoms with van der Waals surface area (Å²) in [5.41, 5.74) is 8.93. The van der Waals surface area contributed by atoms with Gasteiger partial charge in [0.05, 0.1) is 23.2 Å². The topological polar surface area (TPSA) is 64.7 Å². The zero-order chi connectivity index (χ0) is 16.8. The highest BCUT2D eigenvalue weighted by molar-refractivity contribution is 6.28. The van der Waals surface area contributed by atoms with Crippen molar-refractivity contribution in [3.8, 4) is 11.1 Å². The lowest BCUT2D eigenvalue weighted by atomic mass is 10.0. The Morgan fingerprint density at radius 2 is 1.61 bits per heavy atom. The van der Waals surface area contributed by atoms with Crippen molar-refractivity contribution in [2.75, 3.05) is 5.88 Å². The summed E-state index contributed by atoms with van der Waals surface area (Å²) in [4.78, 5) is 16.0. The van der Waals surface area contributed by atoms with Crippen molar-refractivity contribution >= 4 is 29.1 Å². The van der Waals surface area contributed by atoms with E-state index in [9.17, 15) is 4.79 Å².